The summed E-state index contributed by atoms with van der Waals surface area (Å²) in [6, 6.07) is 7.40. The molecule has 0 N–H and O–H groups in total. The highest BCUT2D eigenvalue weighted by Crippen LogP contribution is 2.50. The number of carbonyl (C=O) groups excluding carboxylic acids is 1. The number of rotatable bonds is 4. The Labute approximate surface area is 146 Å². The van der Waals surface area contributed by atoms with Gasteiger partial charge in [0.25, 0.3) is 5.91 Å². The van der Waals surface area contributed by atoms with Crippen LogP contribution < -0.4 is 9.47 Å². The summed E-state index contributed by atoms with van der Waals surface area (Å²) in [5.41, 5.74) is 2.30. The van der Waals surface area contributed by atoms with Crippen LogP contribution >= 0.6 is 0 Å². The van der Waals surface area contributed by atoms with Gasteiger partial charge < -0.3 is 9.47 Å². The number of benzene rings is 1. The standard InChI is InChI=1S/C18H21N3O4/c1-20-14(12-4-5-15(23-2)16(8-12)24-3)9-13(19-20)17(22)21-10-18(6-7-18)11-25-21/h4-5,8-9H,6-7,10-11H2,1-3H3. The van der Waals surface area contributed by atoms with Gasteiger partial charge in [-0.15, -0.1) is 0 Å². The van der Waals surface area contributed by atoms with Crippen molar-refractivity contribution >= 4 is 5.91 Å². The Balaban J connectivity index is 1.61. The Morgan fingerprint density at radius 3 is 2.60 bits per heavy atom. The van der Waals surface area contributed by atoms with Gasteiger partial charge in [-0.05, 0) is 37.1 Å². The van der Waals surface area contributed by atoms with Crippen molar-refractivity contribution in [1.82, 2.24) is 14.8 Å². The normalized spacial score (nSPS) is 17.8. The molecule has 25 heavy (non-hydrogen) atoms. The first-order valence-electron chi connectivity index (χ1n) is 8.26. The van der Waals surface area contributed by atoms with E-state index >= 15 is 0 Å². The lowest BCUT2D eigenvalue weighted by molar-refractivity contribution is -0.0778. The molecule has 1 amide bonds. The predicted octanol–water partition coefficient (Wildman–Crippen LogP) is 2.27. The fourth-order valence-electron chi connectivity index (χ4n) is 3.19. The third-order valence-corrected chi connectivity index (χ3v) is 4.97. The maximum absolute atomic E-state index is 12.7. The minimum absolute atomic E-state index is 0.189. The summed E-state index contributed by atoms with van der Waals surface area (Å²) in [4.78, 5) is 18.2. The van der Waals surface area contributed by atoms with Crippen molar-refractivity contribution in [3.63, 3.8) is 0 Å². The van der Waals surface area contributed by atoms with Crippen LogP contribution in [0.4, 0.5) is 0 Å². The number of hydrogen-bond acceptors (Lipinski definition) is 5. The van der Waals surface area contributed by atoms with Crippen molar-refractivity contribution in [3.05, 3.63) is 30.0 Å². The van der Waals surface area contributed by atoms with Crippen LogP contribution in [0.15, 0.2) is 24.3 Å². The van der Waals surface area contributed by atoms with Gasteiger partial charge in [0.1, 0.15) is 0 Å². The number of aryl methyl sites for hydroxylation is 1. The molecule has 4 rings (SSSR count). The molecule has 2 aliphatic rings. The number of nitrogens with zero attached hydrogens (tertiary/aromatic N) is 3. The van der Waals surface area contributed by atoms with Crippen molar-refractivity contribution in [2.75, 3.05) is 27.4 Å². The molecule has 0 unspecified atom stereocenters. The average Bonchev–Trinajstić information content (AvgIpc) is 3.07. The number of hydrogen-bond donors (Lipinski definition) is 0. The molecule has 7 nitrogen and oxygen atoms in total. The lowest BCUT2D eigenvalue weighted by Crippen LogP contribution is -2.28. The van der Waals surface area contributed by atoms with Gasteiger partial charge in [0.2, 0.25) is 0 Å². The summed E-state index contributed by atoms with van der Waals surface area (Å²) in [7, 11) is 5.01. The highest BCUT2D eigenvalue weighted by molar-refractivity contribution is 5.93. The Hall–Kier alpha value is -2.54. The third-order valence-electron chi connectivity index (χ3n) is 4.97. The fourth-order valence-corrected chi connectivity index (χ4v) is 3.19. The maximum Gasteiger partial charge on any atom is 0.297 e. The third kappa shape index (κ3) is 2.74. The zero-order valence-electron chi connectivity index (χ0n) is 14.6. The van der Waals surface area contributed by atoms with Crippen LogP contribution in [0.2, 0.25) is 0 Å². The van der Waals surface area contributed by atoms with E-state index in [2.05, 4.69) is 5.10 Å². The summed E-state index contributed by atoms with van der Waals surface area (Å²) in [6.45, 7) is 1.29. The molecule has 132 valence electrons. The highest BCUT2D eigenvalue weighted by Gasteiger charge is 2.51. The molecular weight excluding hydrogens is 322 g/mol. The second-order valence-electron chi connectivity index (χ2n) is 6.72. The number of ether oxygens (including phenoxy) is 2. The lowest BCUT2D eigenvalue weighted by Gasteiger charge is -2.11. The second-order valence-corrected chi connectivity index (χ2v) is 6.72. The Morgan fingerprint density at radius 1 is 1.20 bits per heavy atom. The second kappa shape index (κ2) is 5.77. The maximum atomic E-state index is 12.7. The summed E-state index contributed by atoms with van der Waals surface area (Å²) in [5.74, 6) is 1.10. The van der Waals surface area contributed by atoms with Gasteiger partial charge in [-0.1, -0.05) is 0 Å². The van der Waals surface area contributed by atoms with E-state index in [0.717, 1.165) is 24.1 Å². The quantitative estimate of drug-likeness (QED) is 0.852. The Morgan fingerprint density at radius 2 is 1.96 bits per heavy atom. The number of aromatic nitrogens is 2. The van der Waals surface area contributed by atoms with Crippen LogP contribution in [0, 0.1) is 5.41 Å². The zero-order valence-corrected chi connectivity index (χ0v) is 14.6. The van der Waals surface area contributed by atoms with E-state index in [0.29, 0.717) is 30.3 Å². The van der Waals surface area contributed by atoms with E-state index in [9.17, 15) is 4.79 Å². The monoisotopic (exact) mass is 343 g/mol. The van der Waals surface area contributed by atoms with Crippen LogP contribution in [0.1, 0.15) is 23.3 Å². The summed E-state index contributed by atoms with van der Waals surface area (Å²) >= 11 is 0. The highest BCUT2D eigenvalue weighted by atomic mass is 16.7. The first kappa shape index (κ1) is 16.0. The van der Waals surface area contributed by atoms with Crippen LogP contribution in [0.5, 0.6) is 11.5 Å². The molecular formula is C18H21N3O4. The molecule has 0 radical (unpaired) electrons. The van der Waals surface area contributed by atoms with Crippen LogP contribution in [0.25, 0.3) is 11.3 Å². The van der Waals surface area contributed by atoms with E-state index in [4.69, 9.17) is 14.3 Å². The van der Waals surface area contributed by atoms with Crippen molar-refractivity contribution in [3.8, 4) is 22.8 Å². The lowest BCUT2D eigenvalue weighted by atomic mass is 10.1. The van der Waals surface area contributed by atoms with Gasteiger partial charge in [-0.25, -0.2) is 5.06 Å². The van der Waals surface area contributed by atoms with Crippen LogP contribution in [0.3, 0.4) is 0 Å². The first-order valence-corrected chi connectivity index (χ1v) is 8.26. The minimum atomic E-state index is -0.189. The molecule has 1 saturated heterocycles. The molecule has 2 aromatic rings. The number of methoxy groups -OCH3 is 2. The Kier molecular flexibility index (Phi) is 3.68. The van der Waals surface area contributed by atoms with E-state index in [1.807, 2.05) is 25.2 Å². The summed E-state index contributed by atoms with van der Waals surface area (Å²) in [6.07, 6.45) is 2.27. The molecule has 2 fully saturated rings. The smallest absolute Gasteiger partial charge is 0.297 e. The SMILES string of the molecule is COc1ccc(-c2cc(C(=O)N3CC4(CC4)CO3)nn2C)cc1OC. The molecule has 2 heterocycles. The van der Waals surface area contributed by atoms with Gasteiger partial charge in [0, 0.05) is 18.0 Å². The molecule has 1 spiro atoms. The van der Waals surface area contributed by atoms with Gasteiger partial charge >= 0.3 is 0 Å². The summed E-state index contributed by atoms with van der Waals surface area (Å²) < 4.78 is 12.3. The molecule has 1 aromatic carbocycles. The Bertz CT molecular complexity index is 826. The van der Waals surface area contributed by atoms with Crippen molar-refractivity contribution in [2.24, 2.45) is 12.5 Å². The van der Waals surface area contributed by atoms with Crippen LogP contribution in [-0.4, -0.2) is 48.1 Å². The first-order chi connectivity index (χ1) is 12.0. The van der Waals surface area contributed by atoms with Crippen molar-refractivity contribution < 1.29 is 19.1 Å². The van der Waals surface area contributed by atoms with Crippen molar-refractivity contribution in [1.29, 1.82) is 0 Å². The molecule has 0 atom stereocenters. The van der Waals surface area contributed by atoms with Gasteiger partial charge in [-0.3, -0.25) is 14.3 Å². The van der Waals surface area contributed by atoms with Crippen molar-refractivity contribution in [2.45, 2.75) is 12.8 Å². The number of amides is 1. The van der Waals surface area contributed by atoms with E-state index in [-0.39, 0.29) is 11.3 Å². The number of carbonyl (C=O) groups is 1. The molecule has 1 aliphatic heterocycles. The van der Waals surface area contributed by atoms with Gasteiger partial charge in [-0.2, -0.15) is 5.10 Å². The molecule has 7 heteroatoms. The number of hydroxylamine groups is 2. The van der Waals surface area contributed by atoms with Crippen LogP contribution in [-0.2, 0) is 11.9 Å². The van der Waals surface area contributed by atoms with Gasteiger partial charge in [0.05, 0.1) is 33.1 Å². The fraction of sp³-hybridized carbons (Fsp3) is 0.444. The molecule has 0 bridgehead atoms. The average molecular weight is 343 g/mol. The zero-order chi connectivity index (χ0) is 17.6. The van der Waals surface area contributed by atoms with E-state index < -0.39 is 0 Å². The van der Waals surface area contributed by atoms with E-state index in [1.165, 1.54) is 5.06 Å². The minimum Gasteiger partial charge on any atom is -0.493 e. The molecule has 1 saturated carbocycles. The molecule has 1 aromatic heterocycles. The topological polar surface area (TPSA) is 65.8 Å². The largest absolute Gasteiger partial charge is 0.493 e. The predicted molar refractivity (Wildman–Crippen MR) is 90.4 cm³/mol. The summed E-state index contributed by atoms with van der Waals surface area (Å²) in [5, 5.41) is 5.82. The van der Waals surface area contributed by atoms with E-state index in [1.54, 1.807) is 25.0 Å². The molecule has 1 aliphatic carbocycles. The van der Waals surface area contributed by atoms with Gasteiger partial charge in [0.15, 0.2) is 17.2 Å².